The first-order valence-electron chi connectivity index (χ1n) is 5.27. The fraction of sp³-hybridized carbons (Fsp3) is 0.417. The van der Waals surface area contributed by atoms with E-state index in [9.17, 15) is 9.18 Å². The predicted octanol–water partition coefficient (Wildman–Crippen LogP) is 1.53. The van der Waals surface area contributed by atoms with Crippen LogP contribution in [0.4, 0.5) is 4.39 Å². The quantitative estimate of drug-likeness (QED) is 0.749. The molecule has 0 N–H and O–H groups in total. The van der Waals surface area contributed by atoms with Gasteiger partial charge in [0.2, 0.25) is 0 Å². The largest absolute Gasteiger partial charge is 0.465 e. The second-order valence-corrected chi connectivity index (χ2v) is 3.78. The third kappa shape index (κ3) is 2.81. The van der Waals surface area contributed by atoms with Crippen molar-refractivity contribution < 1.29 is 23.4 Å². The Morgan fingerprint density at radius 3 is 2.82 bits per heavy atom. The number of carbonyl (C=O) groups excluding carboxylic acids is 1. The number of rotatable bonds is 4. The standard InChI is InChI=1S/C12H13FO4/c1-15-12(14)10-3-2-8(4-11(10)13)5-17-9-6-16-7-9/h2-4,9H,5-7H2,1H3. The summed E-state index contributed by atoms with van der Waals surface area (Å²) in [4.78, 5) is 11.2. The van der Waals surface area contributed by atoms with Gasteiger partial charge in [0.05, 0.1) is 32.5 Å². The van der Waals surface area contributed by atoms with Gasteiger partial charge in [-0.15, -0.1) is 0 Å². The van der Waals surface area contributed by atoms with Crippen molar-refractivity contribution >= 4 is 5.97 Å². The molecule has 0 radical (unpaired) electrons. The summed E-state index contributed by atoms with van der Waals surface area (Å²) in [5.74, 6) is -1.27. The number of hydrogen-bond acceptors (Lipinski definition) is 4. The first-order chi connectivity index (χ1) is 8.20. The van der Waals surface area contributed by atoms with E-state index >= 15 is 0 Å². The van der Waals surface area contributed by atoms with E-state index in [1.165, 1.54) is 19.2 Å². The van der Waals surface area contributed by atoms with Crippen LogP contribution in [0.3, 0.4) is 0 Å². The molecular formula is C12H13FO4. The first kappa shape index (κ1) is 12.0. The smallest absolute Gasteiger partial charge is 0.340 e. The lowest BCUT2D eigenvalue weighted by Gasteiger charge is -2.25. The van der Waals surface area contributed by atoms with Crippen molar-refractivity contribution in [3.8, 4) is 0 Å². The Hall–Kier alpha value is -1.46. The maximum absolute atomic E-state index is 13.5. The maximum atomic E-state index is 13.5. The van der Waals surface area contributed by atoms with Crippen molar-refractivity contribution in [1.82, 2.24) is 0 Å². The van der Waals surface area contributed by atoms with Gasteiger partial charge in [0.1, 0.15) is 11.9 Å². The third-order valence-electron chi connectivity index (χ3n) is 2.53. The molecule has 0 saturated carbocycles. The Morgan fingerprint density at radius 1 is 1.53 bits per heavy atom. The molecule has 1 saturated heterocycles. The summed E-state index contributed by atoms with van der Waals surface area (Å²) in [5.41, 5.74) is 0.616. The third-order valence-corrected chi connectivity index (χ3v) is 2.53. The summed E-state index contributed by atoms with van der Waals surface area (Å²) in [7, 11) is 1.22. The highest BCUT2D eigenvalue weighted by atomic mass is 19.1. The molecule has 1 aliphatic rings. The highest BCUT2D eigenvalue weighted by molar-refractivity contribution is 5.89. The van der Waals surface area contributed by atoms with Crippen molar-refractivity contribution in [3.63, 3.8) is 0 Å². The van der Waals surface area contributed by atoms with Crippen molar-refractivity contribution in [2.75, 3.05) is 20.3 Å². The van der Waals surface area contributed by atoms with Crippen LogP contribution in [0.2, 0.25) is 0 Å². The Labute approximate surface area is 98.3 Å². The van der Waals surface area contributed by atoms with Gasteiger partial charge in [-0.1, -0.05) is 6.07 Å². The van der Waals surface area contributed by atoms with E-state index in [1.54, 1.807) is 6.07 Å². The van der Waals surface area contributed by atoms with Gasteiger partial charge in [0.25, 0.3) is 0 Å². The van der Waals surface area contributed by atoms with Crippen molar-refractivity contribution in [3.05, 3.63) is 35.1 Å². The molecule has 1 heterocycles. The molecule has 0 atom stereocenters. The molecule has 0 unspecified atom stereocenters. The van der Waals surface area contributed by atoms with Gasteiger partial charge in [-0.3, -0.25) is 0 Å². The summed E-state index contributed by atoms with van der Waals surface area (Å²) >= 11 is 0. The average Bonchev–Trinajstić information content (AvgIpc) is 2.26. The van der Waals surface area contributed by atoms with E-state index < -0.39 is 11.8 Å². The van der Waals surface area contributed by atoms with E-state index in [4.69, 9.17) is 9.47 Å². The van der Waals surface area contributed by atoms with Crippen LogP contribution in [0, 0.1) is 5.82 Å². The number of ether oxygens (including phenoxy) is 3. The Balaban J connectivity index is 1.99. The van der Waals surface area contributed by atoms with Gasteiger partial charge in [0, 0.05) is 0 Å². The molecule has 1 aromatic rings. The molecule has 2 rings (SSSR count). The first-order valence-corrected chi connectivity index (χ1v) is 5.27. The highest BCUT2D eigenvalue weighted by Gasteiger charge is 2.19. The van der Waals surface area contributed by atoms with Gasteiger partial charge in [-0.05, 0) is 17.7 Å². The molecule has 0 aromatic heterocycles. The van der Waals surface area contributed by atoms with E-state index in [1.807, 2.05) is 0 Å². The lowest BCUT2D eigenvalue weighted by Crippen LogP contribution is -2.35. The van der Waals surface area contributed by atoms with Crippen molar-refractivity contribution in [2.24, 2.45) is 0 Å². The van der Waals surface area contributed by atoms with Crippen LogP contribution in [0.15, 0.2) is 18.2 Å². The zero-order valence-electron chi connectivity index (χ0n) is 9.44. The van der Waals surface area contributed by atoms with Gasteiger partial charge in [-0.25, -0.2) is 9.18 Å². The monoisotopic (exact) mass is 240 g/mol. The van der Waals surface area contributed by atoms with E-state index in [0.717, 1.165) is 0 Å². The molecule has 0 amide bonds. The lowest BCUT2D eigenvalue weighted by atomic mass is 10.1. The van der Waals surface area contributed by atoms with Crippen LogP contribution in [0.1, 0.15) is 15.9 Å². The number of hydrogen-bond donors (Lipinski definition) is 0. The summed E-state index contributed by atoms with van der Waals surface area (Å²) in [6.45, 7) is 1.48. The normalized spacial score (nSPS) is 15.4. The molecule has 1 fully saturated rings. The molecule has 1 aromatic carbocycles. The number of halogens is 1. The van der Waals surface area contributed by atoms with E-state index in [0.29, 0.717) is 25.4 Å². The van der Waals surface area contributed by atoms with Crippen LogP contribution in [-0.4, -0.2) is 32.4 Å². The van der Waals surface area contributed by atoms with Crippen LogP contribution in [-0.2, 0) is 20.8 Å². The second kappa shape index (κ2) is 5.25. The molecule has 0 spiro atoms. The minimum Gasteiger partial charge on any atom is -0.465 e. The summed E-state index contributed by atoms with van der Waals surface area (Å²) in [5, 5.41) is 0. The molecule has 1 aliphatic heterocycles. The number of esters is 1. The number of benzene rings is 1. The van der Waals surface area contributed by atoms with Gasteiger partial charge < -0.3 is 14.2 Å². The number of carbonyl (C=O) groups is 1. The molecule has 17 heavy (non-hydrogen) atoms. The Morgan fingerprint density at radius 2 is 2.29 bits per heavy atom. The highest BCUT2D eigenvalue weighted by Crippen LogP contribution is 2.14. The summed E-state index contributed by atoms with van der Waals surface area (Å²) in [6, 6.07) is 4.33. The minimum absolute atomic E-state index is 0.0665. The fourth-order valence-corrected chi connectivity index (χ4v) is 1.45. The topological polar surface area (TPSA) is 44.8 Å². The average molecular weight is 240 g/mol. The molecule has 5 heteroatoms. The van der Waals surface area contributed by atoms with E-state index in [2.05, 4.69) is 4.74 Å². The fourth-order valence-electron chi connectivity index (χ4n) is 1.45. The van der Waals surface area contributed by atoms with Gasteiger partial charge >= 0.3 is 5.97 Å². The summed E-state index contributed by atoms with van der Waals surface area (Å²) < 4.78 is 28.4. The van der Waals surface area contributed by atoms with Crippen LogP contribution in [0.25, 0.3) is 0 Å². The van der Waals surface area contributed by atoms with Crippen LogP contribution in [0.5, 0.6) is 0 Å². The molecule has 92 valence electrons. The minimum atomic E-state index is -0.678. The molecule has 0 aliphatic carbocycles. The second-order valence-electron chi connectivity index (χ2n) is 3.78. The van der Waals surface area contributed by atoms with Crippen LogP contribution < -0.4 is 0 Å². The zero-order valence-corrected chi connectivity index (χ0v) is 9.44. The molecule has 4 nitrogen and oxygen atoms in total. The van der Waals surface area contributed by atoms with Crippen molar-refractivity contribution in [1.29, 1.82) is 0 Å². The zero-order chi connectivity index (χ0) is 12.3. The van der Waals surface area contributed by atoms with Gasteiger partial charge in [-0.2, -0.15) is 0 Å². The number of methoxy groups -OCH3 is 1. The van der Waals surface area contributed by atoms with E-state index in [-0.39, 0.29) is 11.7 Å². The SMILES string of the molecule is COC(=O)c1ccc(COC2COC2)cc1F. The lowest BCUT2D eigenvalue weighted by molar-refractivity contribution is -0.135. The molecular weight excluding hydrogens is 227 g/mol. The Kier molecular flexibility index (Phi) is 3.71. The van der Waals surface area contributed by atoms with Crippen LogP contribution >= 0.6 is 0 Å². The van der Waals surface area contributed by atoms with Gasteiger partial charge in [0.15, 0.2) is 0 Å². The molecule has 0 bridgehead atoms. The maximum Gasteiger partial charge on any atom is 0.340 e. The summed E-state index contributed by atoms with van der Waals surface area (Å²) in [6.07, 6.45) is 0.0957. The van der Waals surface area contributed by atoms with Crippen molar-refractivity contribution in [2.45, 2.75) is 12.7 Å². The predicted molar refractivity (Wildman–Crippen MR) is 57.1 cm³/mol. The Bertz CT molecular complexity index is 415.